The van der Waals surface area contributed by atoms with Crippen LogP contribution in [0.4, 0.5) is 11.6 Å². The number of rotatable bonds is 5. The number of hydrogen-bond donors (Lipinski definition) is 2. The first-order chi connectivity index (χ1) is 12.5. The van der Waals surface area contributed by atoms with Crippen LogP contribution in [0, 0.1) is 20.8 Å². The van der Waals surface area contributed by atoms with Crippen molar-refractivity contribution < 1.29 is 4.79 Å². The van der Waals surface area contributed by atoms with E-state index in [-0.39, 0.29) is 5.91 Å². The maximum absolute atomic E-state index is 12.4. The summed E-state index contributed by atoms with van der Waals surface area (Å²) in [5, 5.41) is 6.03. The lowest BCUT2D eigenvalue weighted by Gasteiger charge is -2.09. The van der Waals surface area contributed by atoms with E-state index in [4.69, 9.17) is 0 Å². The van der Waals surface area contributed by atoms with E-state index in [1.807, 2.05) is 32.0 Å². The van der Waals surface area contributed by atoms with Crippen LogP contribution in [0.1, 0.15) is 32.7 Å². The largest absolute Gasteiger partial charge is 0.350 e. The summed E-state index contributed by atoms with van der Waals surface area (Å²) in [5.74, 6) is 0.173. The number of hydrogen-bond acceptors (Lipinski definition) is 4. The molecule has 0 radical (unpaired) electrons. The second-order valence-electron chi connectivity index (χ2n) is 6.36. The van der Waals surface area contributed by atoms with Gasteiger partial charge in [0.25, 0.3) is 5.91 Å². The number of carbonyl (C=O) groups is 1. The number of amides is 1. The first kappa shape index (κ1) is 17.6. The molecule has 3 aromatic rings. The fourth-order valence-corrected chi connectivity index (χ4v) is 2.47. The van der Waals surface area contributed by atoms with Gasteiger partial charge in [0.2, 0.25) is 5.95 Å². The van der Waals surface area contributed by atoms with Crippen molar-refractivity contribution in [3.05, 3.63) is 82.7 Å². The van der Waals surface area contributed by atoms with E-state index in [1.165, 1.54) is 11.1 Å². The molecule has 0 aliphatic heterocycles. The second kappa shape index (κ2) is 7.78. The van der Waals surface area contributed by atoms with Gasteiger partial charge in [-0.15, -0.1) is 0 Å². The molecule has 132 valence electrons. The minimum atomic E-state index is -0.256. The number of aryl methyl sites for hydroxylation is 3. The highest BCUT2D eigenvalue weighted by Gasteiger charge is 2.10. The van der Waals surface area contributed by atoms with Crippen molar-refractivity contribution >= 4 is 17.5 Å². The molecule has 3 rings (SSSR count). The average Bonchev–Trinajstić information content (AvgIpc) is 2.64. The molecule has 5 nitrogen and oxygen atoms in total. The molecule has 2 N–H and O–H groups in total. The van der Waals surface area contributed by atoms with Crippen LogP contribution in [0.5, 0.6) is 0 Å². The van der Waals surface area contributed by atoms with Gasteiger partial charge in [-0.2, -0.15) is 0 Å². The number of anilines is 2. The molecule has 5 heteroatoms. The topological polar surface area (TPSA) is 66.9 Å². The molecule has 0 unspecified atom stereocenters. The SMILES string of the molecule is Cc1ccc(CNc2nccc(C(=O)Nc3ccc(C)c(C)c3)n2)cc1. The van der Waals surface area contributed by atoms with Gasteiger partial charge < -0.3 is 10.6 Å². The van der Waals surface area contributed by atoms with Crippen molar-refractivity contribution in [2.75, 3.05) is 10.6 Å². The van der Waals surface area contributed by atoms with Crippen LogP contribution in [-0.2, 0) is 6.54 Å². The predicted octanol–water partition coefficient (Wildman–Crippen LogP) is 4.27. The van der Waals surface area contributed by atoms with Gasteiger partial charge in [-0.05, 0) is 55.7 Å². The molecule has 0 aliphatic carbocycles. The molecule has 1 heterocycles. The van der Waals surface area contributed by atoms with E-state index in [0.717, 1.165) is 16.8 Å². The van der Waals surface area contributed by atoms with Crippen LogP contribution in [-0.4, -0.2) is 15.9 Å². The van der Waals surface area contributed by atoms with E-state index in [9.17, 15) is 4.79 Å². The summed E-state index contributed by atoms with van der Waals surface area (Å²) in [6.07, 6.45) is 1.58. The number of nitrogens with zero attached hydrogens (tertiary/aromatic N) is 2. The van der Waals surface area contributed by atoms with E-state index >= 15 is 0 Å². The van der Waals surface area contributed by atoms with Crippen LogP contribution in [0.25, 0.3) is 0 Å². The molecular weight excluding hydrogens is 324 g/mol. The van der Waals surface area contributed by atoms with Gasteiger partial charge in [0.15, 0.2) is 0 Å². The lowest BCUT2D eigenvalue weighted by Crippen LogP contribution is -2.15. The third kappa shape index (κ3) is 4.45. The Bertz CT molecular complexity index is 920. The highest BCUT2D eigenvalue weighted by atomic mass is 16.1. The lowest BCUT2D eigenvalue weighted by atomic mass is 10.1. The lowest BCUT2D eigenvalue weighted by molar-refractivity contribution is 0.102. The molecule has 0 fully saturated rings. The van der Waals surface area contributed by atoms with Crippen LogP contribution in [0.3, 0.4) is 0 Å². The van der Waals surface area contributed by atoms with Crippen LogP contribution >= 0.6 is 0 Å². The van der Waals surface area contributed by atoms with Crippen molar-refractivity contribution in [1.29, 1.82) is 0 Å². The standard InChI is InChI=1S/C21H22N4O/c1-14-4-7-17(8-5-14)13-23-21-22-11-10-19(25-21)20(26)24-18-9-6-15(2)16(3)12-18/h4-12H,13H2,1-3H3,(H,24,26)(H,22,23,25). The van der Waals surface area contributed by atoms with Crippen molar-refractivity contribution in [2.45, 2.75) is 27.3 Å². The molecule has 26 heavy (non-hydrogen) atoms. The van der Waals surface area contributed by atoms with Gasteiger partial charge in [-0.25, -0.2) is 9.97 Å². The predicted molar refractivity (Wildman–Crippen MR) is 104 cm³/mol. The second-order valence-corrected chi connectivity index (χ2v) is 6.36. The summed E-state index contributed by atoms with van der Waals surface area (Å²) in [6.45, 7) is 6.71. The van der Waals surface area contributed by atoms with Crippen LogP contribution in [0.15, 0.2) is 54.7 Å². The quantitative estimate of drug-likeness (QED) is 0.724. The first-order valence-corrected chi connectivity index (χ1v) is 8.52. The van der Waals surface area contributed by atoms with Gasteiger partial charge in [0.05, 0.1) is 0 Å². The Morgan fingerprint density at radius 3 is 2.46 bits per heavy atom. The molecule has 0 spiro atoms. The monoisotopic (exact) mass is 346 g/mol. The van der Waals surface area contributed by atoms with E-state index in [1.54, 1.807) is 12.3 Å². The van der Waals surface area contributed by atoms with Crippen molar-refractivity contribution in [3.63, 3.8) is 0 Å². The Labute approximate surface area is 153 Å². The smallest absolute Gasteiger partial charge is 0.274 e. The minimum absolute atomic E-state index is 0.256. The zero-order chi connectivity index (χ0) is 18.5. The molecule has 0 saturated carbocycles. The summed E-state index contributed by atoms with van der Waals surface area (Å²) in [7, 11) is 0. The highest BCUT2D eigenvalue weighted by Crippen LogP contribution is 2.15. The maximum Gasteiger partial charge on any atom is 0.274 e. The molecule has 1 aromatic heterocycles. The van der Waals surface area contributed by atoms with E-state index < -0.39 is 0 Å². The highest BCUT2D eigenvalue weighted by molar-refractivity contribution is 6.03. The van der Waals surface area contributed by atoms with Gasteiger partial charge >= 0.3 is 0 Å². The van der Waals surface area contributed by atoms with Crippen LogP contribution < -0.4 is 10.6 Å². The fraction of sp³-hybridized carbons (Fsp3) is 0.190. The molecule has 0 bridgehead atoms. The van der Waals surface area contributed by atoms with E-state index in [2.05, 4.69) is 51.8 Å². The Hall–Kier alpha value is -3.21. The van der Waals surface area contributed by atoms with Gasteiger partial charge in [-0.3, -0.25) is 4.79 Å². The van der Waals surface area contributed by atoms with Crippen molar-refractivity contribution in [2.24, 2.45) is 0 Å². The Balaban J connectivity index is 1.66. The summed E-state index contributed by atoms with van der Waals surface area (Å²) < 4.78 is 0. The molecular formula is C21H22N4O. The summed E-state index contributed by atoms with van der Waals surface area (Å²) in [5.41, 5.74) is 5.74. The summed E-state index contributed by atoms with van der Waals surface area (Å²) >= 11 is 0. The molecule has 0 atom stereocenters. The molecule has 2 aromatic carbocycles. The Morgan fingerprint density at radius 1 is 0.962 bits per heavy atom. The number of nitrogens with one attached hydrogen (secondary N) is 2. The number of aromatic nitrogens is 2. The maximum atomic E-state index is 12.4. The third-order valence-corrected chi connectivity index (χ3v) is 4.22. The minimum Gasteiger partial charge on any atom is -0.350 e. The number of carbonyl (C=O) groups excluding carboxylic acids is 1. The number of benzene rings is 2. The first-order valence-electron chi connectivity index (χ1n) is 8.52. The van der Waals surface area contributed by atoms with Crippen molar-refractivity contribution in [1.82, 2.24) is 9.97 Å². The summed E-state index contributed by atoms with van der Waals surface area (Å²) in [6, 6.07) is 15.7. The Morgan fingerprint density at radius 2 is 1.73 bits per heavy atom. The zero-order valence-corrected chi connectivity index (χ0v) is 15.2. The van der Waals surface area contributed by atoms with Gasteiger partial charge in [0.1, 0.15) is 5.69 Å². The zero-order valence-electron chi connectivity index (χ0n) is 15.2. The summed E-state index contributed by atoms with van der Waals surface area (Å²) in [4.78, 5) is 20.9. The van der Waals surface area contributed by atoms with E-state index in [0.29, 0.717) is 18.2 Å². The molecule has 1 amide bonds. The Kier molecular flexibility index (Phi) is 5.27. The average molecular weight is 346 g/mol. The third-order valence-electron chi connectivity index (χ3n) is 4.22. The molecule has 0 saturated heterocycles. The van der Waals surface area contributed by atoms with Crippen molar-refractivity contribution in [3.8, 4) is 0 Å². The van der Waals surface area contributed by atoms with Gasteiger partial charge in [-0.1, -0.05) is 35.9 Å². The fourth-order valence-electron chi connectivity index (χ4n) is 2.47. The van der Waals surface area contributed by atoms with Crippen LogP contribution in [0.2, 0.25) is 0 Å². The van der Waals surface area contributed by atoms with Gasteiger partial charge in [0, 0.05) is 18.4 Å². The normalized spacial score (nSPS) is 10.4. The molecule has 0 aliphatic rings.